The highest BCUT2D eigenvalue weighted by Crippen LogP contribution is 2.36. The summed E-state index contributed by atoms with van der Waals surface area (Å²) in [6, 6.07) is 10.7. The molecule has 27 heavy (non-hydrogen) atoms. The minimum atomic E-state index is -3.51. The second-order valence-electron chi connectivity index (χ2n) is 7.14. The first-order valence-electron chi connectivity index (χ1n) is 9.17. The van der Waals surface area contributed by atoms with E-state index in [1.807, 2.05) is 18.2 Å². The van der Waals surface area contributed by atoms with Crippen molar-refractivity contribution in [3.63, 3.8) is 0 Å². The van der Waals surface area contributed by atoms with Gasteiger partial charge < -0.3 is 0 Å². The van der Waals surface area contributed by atoms with E-state index in [4.69, 9.17) is 23.2 Å². The van der Waals surface area contributed by atoms with Gasteiger partial charge in [0.05, 0.1) is 4.90 Å². The summed E-state index contributed by atoms with van der Waals surface area (Å²) in [7, 11) is -3.51. The molecule has 1 aliphatic carbocycles. The minimum absolute atomic E-state index is 0.230. The van der Waals surface area contributed by atoms with Crippen molar-refractivity contribution in [1.29, 1.82) is 0 Å². The molecule has 1 fully saturated rings. The Bertz CT molecular complexity index is 1020. The maximum atomic E-state index is 13.1. The molecule has 0 aromatic heterocycles. The summed E-state index contributed by atoms with van der Waals surface area (Å²) in [6.07, 6.45) is 8.88. The highest BCUT2D eigenvalue weighted by molar-refractivity contribution is 7.89. The van der Waals surface area contributed by atoms with Crippen molar-refractivity contribution in [3.05, 3.63) is 64.7 Å². The lowest BCUT2D eigenvalue weighted by atomic mass is 9.82. The van der Waals surface area contributed by atoms with Crippen LogP contribution in [0.25, 0.3) is 10.8 Å². The van der Waals surface area contributed by atoms with Crippen molar-refractivity contribution >= 4 is 44.0 Å². The van der Waals surface area contributed by atoms with Crippen LogP contribution in [0.2, 0.25) is 5.02 Å². The average molecular weight is 422 g/mol. The second-order valence-corrected chi connectivity index (χ2v) is 9.92. The molecule has 2 aromatic carbocycles. The van der Waals surface area contributed by atoms with Crippen LogP contribution >= 0.6 is 23.2 Å². The zero-order valence-corrected chi connectivity index (χ0v) is 17.1. The fourth-order valence-corrected chi connectivity index (χ4v) is 6.11. The van der Waals surface area contributed by atoms with Crippen molar-refractivity contribution < 1.29 is 8.42 Å². The molecule has 3 nitrogen and oxygen atoms in total. The SMILES string of the molecule is O=S(=O)(c1ccc2c(Cl)cccc2c1)N1CCC(C2C=CCC=C2Cl)CC1. The summed E-state index contributed by atoms with van der Waals surface area (Å²) < 4.78 is 27.8. The summed E-state index contributed by atoms with van der Waals surface area (Å²) in [4.78, 5) is 0.325. The van der Waals surface area contributed by atoms with Crippen LogP contribution in [0.4, 0.5) is 0 Å². The van der Waals surface area contributed by atoms with Crippen molar-refractivity contribution in [2.24, 2.45) is 11.8 Å². The molecule has 2 aliphatic rings. The molecule has 0 N–H and O–H groups in total. The summed E-state index contributed by atoms with van der Waals surface area (Å²) in [6.45, 7) is 1.05. The van der Waals surface area contributed by atoms with Crippen LogP contribution in [0, 0.1) is 11.8 Å². The van der Waals surface area contributed by atoms with Gasteiger partial charge in [-0.3, -0.25) is 0 Å². The smallest absolute Gasteiger partial charge is 0.207 e. The summed E-state index contributed by atoms with van der Waals surface area (Å²) >= 11 is 12.6. The first-order valence-corrected chi connectivity index (χ1v) is 11.4. The molecular formula is C21H21Cl2NO2S. The van der Waals surface area contributed by atoms with Gasteiger partial charge >= 0.3 is 0 Å². The molecule has 0 spiro atoms. The van der Waals surface area contributed by atoms with Crippen LogP contribution in [-0.2, 0) is 10.0 Å². The number of hydrogen-bond acceptors (Lipinski definition) is 2. The normalized spacial score (nSPS) is 22.1. The fraction of sp³-hybridized carbons (Fsp3) is 0.333. The first kappa shape index (κ1) is 19.0. The highest BCUT2D eigenvalue weighted by Gasteiger charge is 2.33. The molecule has 0 saturated carbocycles. The average Bonchev–Trinajstić information content (AvgIpc) is 2.68. The van der Waals surface area contributed by atoms with Gasteiger partial charge in [-0.2, -0.15) is 4.31 Å². The third-order valence-electron chi connectivity index (χ3n) is 5.55. The van der Waals surface area contributed by atoms with Crippen LogP contribution in [-0.4, -0.2) is 25.8 Å². The van der Waals surface area contributed by atoms with E-state index in [2.05, 4.69) is 18.2 Å². The van der Waals surface area contributed by atoms with Crippen LogP contribution in [0.5, 0.6) is 0 Å². The molecule has 1 aliphatic heterocycles. The number of sulfonamides is 1. The molecule has 4 rings (SSSR count). The van der Waals surface area contributed by atoms with E-state index in [-0.39, 0.29) is 5.92 Å². The minimum Gasteiger partial charge on any atom is -0.207 e. The predicted molar refractivity (Wildman–Crippen MR) is 112 cm³/mol. The van der Waals surface area contributed by atoms with Gasteiger partial charge in [0.15, 0.2) is 0 Å². The second kappa shape index (κ2) is 7.59. The molecule has 2 aromatic rings. The van der Waals surface area contributed by atoms with Crippen molar-refractivity contribution in [3.8, 4) is 0 Å². The van der Waals surface area contributed by atoms with Crippen molar-refractivity contribution in [2.45, 2.75) is 24.2 Å². The van der Waals surface area contributed by atoms with E-state index < -0.39 is 10.0 Å². The number of allylic oxidation sites excluding steroid dienone is 4. The number of piperidine rings is 1. The molecule has 0 amide bonds. The molecule has 1 atom stereocenters. The van der Waals surface area contributed by atoms with Gasteiger partial charge in [0, 0.05) is 34.4 Å². The molecule has 1 unspecified atom stereocenters. The maximum Gasteiger partial charge on any atom is 0.243 e. The number of halogens is 2. The maximum absolute atomic E-state index is 13.1. The third kappa shape index (κ3) is 3.68. The van der Waals surface area contributed by atoms with E-state index in [0.29, 0.717) is 28.9 Å². The van der Waals surface area contributed by atoms with Crippen molar-refractivity contribution in [2.75, 3.05) is 13.1 Å². The lowest BCUT2D eigenvalue weighted by Gasteiger charge is -2.35. The summed E-state index contributed by atoms with van der Waals surface area (Å²) in [5, 5.41) is 3.22. The van der Waals surface area contributed by atoms with Crippen LogP contribution in [0.1, 0.15) is 19.3 Å². The van der Waals surface area contributed by atoms with Gasteiger partial charge in [0.1, 0.15) is 0 Å². The van der Waals surface area contributed by atoms with E-state index in [1.54, 1.807) is 22.5 Å². The van der Waals surface area contributed by atoms with Gasteiger partial charge in [0.25, 0.3) is 0 Å². The molecule has 0 radical (unpaired) electrons. The third-order valence-corrected chi connectivity index (χ3v) is 8.18. The molecule has 1 saturated heterocycles. The summed E-state index contributed by atoms with van der Waals surface area (Å²) in [5.74, 6) is 0.625. The molecule has 6 heteroatoms. The van der Waals surface area contributed by atoms with Crippen LogP contribution in [0.15, 0.2) is 64.6 Å². The van der Waals surface area contributed by atoms with Gasteiger partial charge in [-0.25, -0.2) is 8.42 Å². The van der Waals surface area contributed by atoms with E-state index >= 15 is 0 Å². The van der Waals surface area contributed by atoms with Crippen LogP contribution in [0.3, 0.4) is 0 Å². The zero-order chi connectivity index (χ0) is 19.0. The Hall–Kier alpha value is -1.33. The summed E-state index contributed by atoms with van der Waals surface area (Å²) in [5.41, 5.74) is 0. The van der Waals surface area contributed by atoms with E-state index in [9.17, 15) is 8.42 Å². The van der Waals surface area contributed by atoms with Gasteiger partial charge in [0.2, 0.25) is 10.0 Å². The Balaban J connectivity index is 1.53. The van der Waals surface area contributed by atoms with Crippen molar-refractivity contribution in [1.82, 2.24) is 4.31 Å². The van der Waals surface area contributed by atoms with E-state index in [0.717, 1.165) is 35.1 Å². The number of rotatable bonds is 3. The Labute approximate surface area is 170 Å². The Morgan fingerprint density at radius 1 is 1.04 bits per heavy atom. The quantitative estimate of drug-likeness (QED) is 0.605. The Morgan fingerprint density at radius 2 is 1.81 bits per heavy atom. The van der Waals surface area contributed by atoms with Crippen LogP contribution < -0.4 is 0 Å². The number of fused-ring (bicyclic) bond motifs is 1. The Kier molecular flexibility index (Phi) is 5.34. The standard InChI is InChI=1S/C21H21Cl2NO2S/c22-20-6-2-1-5-18(20)15-10-12-24(13-11-15)27(25,26)17-8-9-19-16(14-17)4-3-7-21(19)23/h1,3-9,14-15,18H,2,10-13H2. The van der Waals surface area contributed by atoms with Gasteiger partial charge in [-0.1, -0.05) is 59.6 Å². The molecule has 1 heterocycles. The monoisotopic (exact) mass is 421 g/mol. The largest absolute Gasteiger partial charge is 0.243 e. The first-order chi connectivity index (χ1) is 13.0. The lowest BCUT2D eigenvalue weighted by Crippen LogP contribution is -2.40. The van der Waals surface area contributed by atoms with E-state index in [1.165, 1.54) is 0 Å². The van der Waals surface area contributed by atoms with Gasteiger partial charge in [-0.05, 0) is 48.8 Å². The number of nitrogens with zero attached hydrogens (tertiary/aromatic N) is 1. The number of hydrogen-bond donors (Lipinski definition) is 0. The topological polar surface area (TPSA) is 37.4 Å². The lowest BCUT2D eigenvalue weighted by molar-refractivity contribution is 0.248. The predicted octanol–water partition coefficient (Wildman–Crippen LogP) is 5.59. The number of benzene rings is 2. The molecule has 0 bridgehead atoms. The molecular weight excluding hydrogens is 401 g/mol. The Morgan fingerprint density at radius 3 is 2.56 bits per heavy atom. The van der Waals surface area contributed by atoms with Gasteiger partial charge in [-0.15, -0.1) is 0 Å². The zero-order valence-electron chi connectivity index (χ0n) is 14.8. The molecule has 142 valence electrons. The fourth-order valence-electron chi connectivity index (χ4n) is 4.02. The highest BCUT2D eigenvalue weighted by atomic mass is 35.5.